The van der Waals surface area contributed by atoms with Gasteiger partial charge in [0.25, 0.3) is 0 Å². The molecule has 0 aliphatic carbocycles. The summed E-state index contributed by atoms with van der Waals surface area (Å²) in [5, 5.41) is 0. The topological polar surface area (TPSA) is 64.5 Å². The summed E-state index contributed by atoms with van der Waals surface area (Å²) >= 11 is 0. The van der Waals surface area contributed by atoms with Crippen molar-refractivity contribution in [3.05, 3.63) is 78.9 Å². The fourth-order valence-corrected chi connectivity index (χ4v) is 2.61. The number of aryl methyl sites for hydroxylation is 1. The molecule has 4 aromatic rings. The SMILES string of the molecule is Cc1cccc(-c2nccnc2-c2cccc(-c3ccccn3)n2)n1. The Bertz CT molecular complexity index is 1010. The number of hydrogen-bond donors (Lipinski definition) is 0. The van der Waals surface area contributed by atoms with Crippen LogP contribution < -0.4 is 0 Å². The lowest BCUT2D eigenvalue weighted by Crippen LogP contribution is -1.97. The fraction of sp³-hybridized carbons (Fsp3) is 0.0500. The van der Waals surface area contributed by atoms with Crippen LogP contribution in [0.3, 0.4) is 0 Å². The first-order chi connectivity index (χ1) is 12.3. The van der Waals surface area contributed by atoms with Crippen molar-refractivity contribution < 1.29 is 0 Å². The van der Waals surface area contributed by atoms with E-state index < -0.39 is 0 Å². The Hall–Kier alpha value is -3.47. The minimum atomic E-state index is 0.707. The van der Waals surface area contributed by atoms with E-state index in [4.69, 9.17) is 4.98 Å². The van der Waals surface area contributed by atoms with Crippen molar-refractivity contribution >= 4 is 0 Å². The van der Waals surface area contributed by atoms with E-state index in [-0.39, 0.29) is 0 Å². The molecule has 0 unspecified atom stereocenters. The van der Waals surface area contributed by atoms with Gasteiger partial charge in [-0.1, -0.05) is 18.2 Å². The zero-order chi connectivity index (χ0) is 17.1. The Morgan fingerprint density at radius 2 is 1.16 bits per heavy atom. The van der Waals surface area contributed by atoms with Crippen LogP contribution >= 0.6 is 0 Å². The molecule has 0 N–H and O–H groups in total. The van der Waals surface area contributed by atoms with Gasteiger partial charge in [-0.05, 0) is 43.3 Å². The van der Waals surface area contributed by atoms with Gasteiger partial charge in [0.2, 0.25) is 0 Å². The van der Waals surface area contributed by atoms with Crippen LogP contribution in [0.5, 0.6) is 0 Å². The van der Waals surface area contributed by atoms with Crippen LogP contribution in [0.25, 0.3) is 34.2 Å². The molecule has 4 rings (SSSR count). The third kappa shape index (κ3) is 3.12. The second kappa shape index (κ2) is 6.57. The maximum atomic E-state index is 4.73. The molecule has 4 heterocycles. The molecule has 0 saturated heterocycles. The Morgan fingerprint density at radius 3 is 1.84 bits per heavy atom. The lowest BCUT2D eigenvalue weighted by atomic mass is 10.1. The monoisotopic (exact) mass is 325 g/mol. The predicted molar refractivity (Wildman–Crippen MR) is 96.5 cm³/mol. The van der Waals surface area contributed by atoms with Crippen LogP contribution in [0, 0.1) is 6.92 Å². The van der Waals surface area contributed by atoms with Gasteiger partial charge in [-0.2, -0.15) is 0 Å². The van der Waals surface area contributed by atoms with Crippen LogP contribution in [-0.2, 0) is 0 Å². The van der Waals surface area contributed by atoms with E-state index >= 15 is 0 Å². The molecule has 5 nitrogen and oxygen atoms in total. The molecule has 0 atom stereocenters. The maximum Gasteiger partial charge on any atom is 0.116 e. The summed E-state index contributed by atoms with van der Waals surface area (Å²) in [4.78, 5) is 22.7. The van der Waals surface area contributed by atoms with Crippen molar-refractivity contribution in [1.29, 1.82) is 0 Å². The van der Waals surface area contributed by atoms with Gasteiger partial charge in [-0.15, -0.1) is 0 Å². The number of pyridine rings is 3. The molecule has 5 heteroatoms. The summed E-state index contributed by atoms with van der Waals surface area (Å²) in [6.45, 7) is 1.96. The smallest absolute Gasteiger partial charge is 0.116 e. The van der Waals surface area contributed by atoms with Gasteiger partial charge < -0.3 is 0 Å². The molecule has 0 amide bonds. The van der Waals surface area contributed by atoms with Gasteiger partial charge >= 0.3 is 0 Å². The highest BCUT2D eigenvalue weighted by Crippen LogP contribution is 2.27. The largest absolute Gasteiger partial charge is 0.255 e. The van der Waals surface area contributed by atoms with Crippen LogP contribution in [-0.4, -0.2) is 24.9 Å². The van der Waals surface area contributed by atoms with Crippen LogP contribution in [0.4, 0.5) is 0 Å². The fourth-order valence-electron chi connectivity index (χ4n) is 2.61. The number of aromatic nitrogens is 5. The van der Waals surface area contributed by atoms with Crippen molar-refractivity contribution in [2.75, 3.05) is 0 Å². The normalized spacial score (nSPS) is 10.6. The standard InChI is InChI=1S/C20H15N5/c1-14-6-4-9-17(24-14)19-20(23-13-12-22-19)18-10-5-8-16(25-18)15-7-2-3-11-21-15/h2-13H,1H3. The Balaban J connectivity index is 1.84. The number of hydrogen-bond acceptors (Lipinski definition) is 5. The third-order valence-electron chi connectivity index (χ3n) is 3.75. The lowest BCUT2D eigenvalue weighted by molar-refractivity contribution is 1.13. The van der Waals surface area contributed by atoms with Gasteiger partial charge in [0.05, 0.1) is 22.8 Å². The highest BCUT2D eigenvalue weighted by atomic mass is 14.9. The molecule has 4 aromatic heterocycles. The number of rotatable bonds is 3. The van der Waals surface area contributed by atoms with Crippen LogP contribution in [0.1, 0.15) is 5.69 Å². The first kappa shape index (κ1) is 15.1. The summed E-state index contributed by atoms with van der Waals surface area (Å²) < 4.78 is 0. The minimum Gasteiger partial charge on any atom is -0.255 e. The predicted octanol–water partition coefficient (Wildman–Crippen LogP) is 3.97. The van der Waals surface area contributed by atoms with E-state index in [1.54, 1.807) is 18.6 Å². The van der Waals surface area contributed by atoms with Gasteiger partial charge in [0.15, 0.2) is 0 Å². The van der Waals surface area contributed by atoms with Crippen molar-refractivity contribution in [2.45, 2.75) is 6.92 Å². The molecule has 0 fully saturated rings. The van der Waals surface area contributed by atoms with Crippen LogP contribution in [0.15, 0.2) is 73.2 Å². The highest BCUT2D eigenvalue weighted by Gasteiger charge is 2.13. The van der Waals surface area contributed by atoms with E-state index in [9.17, 15) is 0 Å². The summed E-state index contributed by atoms with van der Waals surface area (Å²) in [5.41, 5.74) is 5.51. The van der Waals surface area contributed by atoms with E-state index in [2.05, 4.69) is 19.9 Å². The van der Waals surface area contributed by atoms with Gasteiger partial charge in [-0.3, -0.25) is 19.9 Å². The molecule has 0 radical (unpaired) electrons. The van der Waals surface area contributed by atoms with Gasteiger partial charge in [0, 0.05) is 24.3 Å². The minimum absolute atomic E-state index is 0.707. The first-order valence-electron chi connectivity index (χ1n) is 7.95. The van der Waals surface area contributed by atoms with Gasteiger partial charge in [-0.25, -0.2) is 4.98 Å². The third-order valence-corrected chi connectivity index (χ3v) is 3.75. The second-order valence-electron chi connectivity index (χ2n) is 5.54. The molecular weight excluding hydrogens is 310 g/mol. The van der Waals surface area contributed by atoms with E-state index in [0.29, 0.717) is 5.69 Å². The summed E-state index contributed by atoms with van der Waals surface area (Å²) in [5.74, 6) is 0. The average Bonchev–Trinajstić information content (AvgIpc) is 2.69. The van der Waals surface area contributed by atoms with Crippen molar-refractivity contribution in [3.63, 3.8) is 0 Å². The lowest BCUT2D eigenvalue weighted by Gasteiger charge is -2.08. The quantitative estimate of drug-likeness (QED) is 0.570. The second-order valence-corrected chi connectivity index (χ2v) is 5.54. The first-order valence-corrected chi connectivity index (χ1v) is 7.95. The zero-order valence-electron chi connectivity index (χ0n) is 13.7. The van der Waals surface area contributed by atoms with Crippen molar-refractivity contribution in [3.8, 4) is 34.2 Å². The molecule has 0 bridgehead atoms. The summed E-state index contributed by atoms with van der Waals surface area (Å²) in [6, 6.07) is 17.4. The Morgan fingerprint density at radius 1 is 0.520 bits per heavy atom. The van der Waals surface area contributed by atoms with Gasteiger partial charge in [0.1, 0.15) is 11.4 Å². The molecule has 0 spiro atoms. The van der Waals surface area contributed by atoms with Crippen LogP contribution in [0.2, 0.25) is 0 Å². The summed E-state index contributed by atoms with van der Waals surface area (Å²) in [7, 11) is 0. The Kier molecular flexibility index (Phi) is 3.96. The molecule has 0 aliphatic rings. The molecule has 25 heavy (non-hydrogen) atoms. The van der Waals surface area contributed by atoms with E-state index in [1.807, 2.05) is 61.5 Å². The maximum absolute atomic E-state index is 4.73. The Labute approximate surface area is 145 Å². The average molecular weight is 325 g/mol. The molecule has 0 aliphatic heterocycles. The molecular formula is C20H15N5. The molecule has 120 valence electrons. The van der Waals surface area contributed by atoms with Crippen molar-refractivity contribution in [1.82, 2.24) is 24.9 Å². The van der Waals surface area contributed by atoms with E-state index in [1.165, 1.54) is 0 Å². The van der Waals surface area contributed by atoms with Crippen molar-refractivity contribution in [2.24, 2.45) is 0 Å². The zero-order valence-corrected chi connectivity index (χ0v) is 13.7. The van der Waals surface area contributed by atoms with E-state index in [0.717, 1.165) is 34.2 Å². The summed E-state index contributed by atoms with van der Waals surface area (Å²) in [6.07, 6.45) is 5.10. The molecule has 0 saturated carbocycles. The number of nitrogens with zero attached hydrogens (tertiary/aromatic N) is 5. The highest BCUT2D eigenvalue weighted by molar-refractivity contribution is 5.74. The molecule has 0 aromatic carbocycles.